The molecule has 0 radical (unpaired) electrons. The highest BCUT2D eigenvalue weighted by molar-refractivity contribution is 5.71. The Hall–Kier alpha value is -2.63. The van der Waals surface area contributed by atoms with Crippen LogP contribution in [0.2, 0.25) is 0 Å². The summed E-state index contributed by atoms with van der Waals surface area (Å²) in [5.41, 5.74) is 0. The summed E-state index contributed by atoms with van der Waals surface area (Å²) in [6.45, 7) is 6.50. The van der Waals surface area contributed by atoms with E-state index in [9.17, 15) is 14.4 Å². The van der Waals surface area contributed by atoms with E-state index in [2.05, 4.69) is 69.4 Å². The van der Waals surface area contributed by atoms with Crippen LogP contribution in [-0.2, 0) is 28.6 Å². The fraction of sp³-hybridized carbons (Fsp3) is 0.780. The minimum Gasteiger partial charge on any atom is -0.462 e. The first-order valence-corrected chi connectivity index (χ1v) is 23.6. The fourth-order valence-corrected chi connectivity index (χ4v) is 6.37. The number of carbonyl (C=O) groups is 3. The van der Waals surface area contributed by atoms with Gasteiger partial charge >= 0.3 is 17.9 Å². The van der Waals surface area contributed by atoms with Crippen LogP contribution in [0.3, 0.4) is 0 Å². The van der Waals surface area contributed by atoms with Gasteiger partial charge in [0, 0.05) is 19.3 Å². The molecule has 0 aromatic heterocycles. The second-order valence-corrected chi connectivity index (χ2v) is 15.7. The van der Waals surface area contributed by atoms with E-state index < -0.39 is 6.10 Å². The quantitative estimate of drug-likeness (QED) is 0.0265. The van der Waals surface area contributed by atoms with E-state index in [1.165, 1.54) is 89.9 Å². The Kier molecular flexibility index (Phi) is 43.0. The van der Waals surface area contributed by atoms with E-state index in [1.807, 2.05) is 0 Å². The average molecular weight is 785 g/mol. The maximum atomic E-state index is 12.7. The zero-order valence-corrected chi connectivity index (χ0v) is 36.9. The molecule has 0 saturated heterocycles. The molecule has 0 amide bonds. The van der Waals surface area contributed by atoms with Crippen LogP contribution < -0.4 is 0 Å². The molecule has 0 aliphatic carbocycles. The minimum atomic E-state index is -0.781. The van der Waals surface area contributed by atoms with Gasteiger partial charge in [0.1, 0.15) is 13.2 Å². The Bertz CT molecular complexity index is 996. The monoisotopic (exact) mass is 785 g/mol. The van der Waals surface area contributed by atoms with Crippen LogP contribution in [0.1, 0.15) is 233 Å². The first-order chi connectivity index (χ1) is 27.5. The van der Waals surface area contributed by atoms with Crippen molar-refractivity contribution in [2.45, 2.75) is 239 Å². The minimum absolute atomic E-state index is 0.0842. The second kappa shape index (κ2) is 45.1. The molecule has 0 heterocycles. The van der Waals surface area contributed by atoms with E-state index in [0.29, 0.717) is 19.3 Å². The summed E-state index contributed by atoms with van der Waals surface area (Å²) in [5.74, 6) is -0.916. The molecular weight excluding hydrogens is 697 g/mol. The van der Waals surface area contributed by atoms with Gasteiger partial charge in [-0.3, -0.25) is 14.4 Å². The summed E-state index contributed by atoms with van der Waals surface area (Å²) in [4.78, 5) is 37.7. The molecule has 56 heavy (non-hydrogen) atoms. The molecular formula is C50H88O6. The topological polar surface area (TPSA) is 78.9 Å². The van der Waals surface area contributed by atoms with Gasteiger partial charge in [0.25, 0.3) is 0 Å². The maximum Gasteiger partial charge on any atom is 0.306 e. The summed E-state index contributed by atoms with van der Waals surface area (Å²) < 4.78 is 16.7. The third kappa shape index (κ3) is 42.5. The van der Waals surface area contributed by atoms with Crippen molar-refractivity contribution in [3.63, 3.8) is 0 Å². The van der Waals surface area contributed by atoms with Crippen molar-refractivity contribution >= 4 is 17.9 Å². The largest absolute Gasteiger partial charge is 0.462 e. The third-order valence-electron chi connectivity index (χ3n) is 10.0. The molecule has 0 N–H and O–H groups in total. The number of ether oxygens (including phenoxy) is 3. The van der Waals surface area contributed by atoms with Gasteiger partial charge in [-0.2, -0.15) is 0 Å². The maximum absolute atomic E-state index is 12.7. The van der Waals surface area contributed by atoms with Gasteiger partial charge in [0.2, 0.25) is 0 Å². The highest BCUT2D eigenvalue weighted by atomic mass is 16.6. The van der Waals surface area contributed by atoms with E-state index >= 15 is 0 Å². The molecule has 0 aromatic rings. The standard InChI is InChI=1S/C50H88O6/c1-4-7-10-13-16-19-22-23-24-25-26-27-29-31-34-37-40-43-49(52)55-46-47(45-54-48(51)42-39-36-33-30-21-18-15-12-9-6-3)56-50(53)44-41-38-35-32-28-20-17-14-11-8-5-2/h14-19,23-24,47H,4-13,20-22,25-46H2,1-3H3/b17-14-,18-15-,19-16-,24-23-. The van der Waals surface area contributed by atoms with Crippen molar-refractivity contribution in [1.82, 2.24) is 0 Å². The molecule has 0 aromatic carbocycles. The number of carbonyl (C=O) groups excluding carboxylic acids is 3. The van der Waals surface area contributed by atoms with Gasteiger partial charge in [-0.05, 0) is 89.9 Å². The molecule has 0 rings (SSSR count). The average Bonchev–Trinajstić information content (AvgIpc) is 3.19. The molecule has 6 heteroatoms. The molecule has 1 atom stereocenters. The summed E-state index contributed by atoms with van der Waals surface area (Å²) in [5, 5.41) is 0. The van der Waals surface area contributed by atoms with Crippen LogP contribution in [-0.4, -0.2) is 37.2 Å². The first-order valence-electron chi connectivity index (χ1n) is 23.6. The molecule has 1 unspecified atom stereocenters. The van der Waals surface area contributed by atoms with Gasteiger partial charge in [0.15, 0.2) is 6.10 Å². The van der Waals surface area contributed by atoms with Gasteiger partial charge < -0.3 is 14.2 Å². The molecule has 0 aliphatic rings. The number of esters is 3. The fourth-order valence-electron chi connectivity index (χ4n) is 6.37. The Labute approximate surface area is 346 Å². The Morgan fingerprint density at radius 2 is 0.661 bits per heavy atom. The van der Waals surface area contributed by atoms with Crippen LogP contribution in [0.25, 0.3) is 0 Å². The van der Waals surface area contributed by atoms with Crippen molar-refractivity contribution < 1.29 is 28.6 Å². The highest BCUT2D eigenvalue weighted by Crippen LogP contribution is 2.13. The SMILES string of the molecule is CCCC/C=C\CCCCCCCC(=O)OC(COC(=O)CCCCCC/C=C\CCCC)COC(=O)CCCCCCCCC/C=C\C/C=C\CCCCC. The van der Waals surface area contributed by atoms with E-state index in [1.54, 1.807) is 0 Å². The van der Waals surface area contributed by atoms with Crippen molar-refractivity contribution in [3.8, 4) is 0 Å². The smallest absolute Gasteiger partial charge is 0.306 e. The first kappa shape index (κ1) is 53.4. The third-order valence-corrected chi connectivity index (χ3v) is 10.0. The second-order valence-electron chi connectivity index (χ2n) is 15.7. The highest BCUT2D eigenvalue weighted by Gasteiger charge is 2.19. The zero-order valence-electron chi connectivity index (χ0n) is 36.9. The molecule has 0 bridgehead atoms. The van der Waals surface area contributed by atoms with Gasteiger partial charge in [0.05, 0.1) is 0 Å². The van der Waals surface area contributed by atoms with Crippen molar-refractivity contribution in [3.05, 3.63) is 48.6 Å². The van der Waals surface area contributed by atoms with E-state index in [4.69, 9.17) is 14.2 Å². The zero-order chi connectivity index (χ0) is 40.8. The Morgan fingerprint density at radius 3 is 1.05 bits per heavy atom. The Balaban J connectivity index is 4.35. The number of hydrogen-bond acceptors (Lipinski definition) is 6. The van der Waals surface area contributed by atoms with Gasteiger partial charge in [-0.15, -0.1) is 0 Å². The molecule has 0 fully saturated rings. The predicted octanol–water partition coefficient (Wildman–Crippen LogP) is 15.1. The van der Waals surface area contributed by atoms with Crippen LogP contribution >= 0.6 is 0 Å². The lowest BCUT2D eigenvalue weighted by Gasteiger charge is -2.18. The summed E-state index contributed by atoms with van der Waals surface area (Å²) in [6, 6.07) is 0. The molecule has 0 spiro atoms. The molecule has 6 nitrogen and oxygen atoms in total. The van der Waals surface area contributed by atoms with Gasteiger partial charge in [-0.1, -0.05) is 172 Å². The Morgan fingerprint density at radius 1 is 0.357 bits per heavy atom. The lowest BCUT2D eigenvalue weighted by molar-refractivity contribution is -0.167. The molecule has 324 valence electrons. The van der Waals surface area contributed by atoms with Crippen molar-refractivity contribution in [2.24, 2.45) is 0 Å². The number of hydrogen-bond donors (Lipinski definition) is 0. The molecule has 0 aliphatic heterocycles. The van der Waals surface area contributed by atoms with Crippen molar-refractivity contribution in [2.75, 3.05) is 13.2 Å². The van der Waals surface area contributed by atoms with Crippen LogP contribution in [0, 0.1) is 0 Å². The molecule has 0 saturated carbocycles. The van der Waals surface area contributed by atoms with Crippen LogP contribution in [0.5, 0.6) is 0 Å². The van der Waals surface area contributed by atoms with E-state index in [0.717, 1.165) is 103 Å². The summed E-state index contributed by atoms with van der Waals surface area (Å²) >= 11 is 0. The van der Waals surface area contributed by atoms with Crippen LogP contribution in [0.15, 0.2) is 48.6 Å². The summed E-state index contributed by atoms with van der Waals surface area (Å²) in [6.07, 6.45) is 52.3. The van der Waals surface area contributed by atoms with Crippen molar-refractivity contribution in [1.29, 1.82) is 0 Å². The van der Waals surface area contributed by atoms with E-state index in [-0.39, 0.29) is 31.1 Å². The lowest BCUT2D eigenvalue weighted by atomic mass is 10.1. The van der Waals surface area contributed by atoms with Crippen LogP contribution in [0.4, 0.5) is 0 Å². The lowest BCUT2D eigenvalue weighted by Crippen LogP contribution is -2.30. The normalized spacial score (nSPS) is 12.4. The summed E-state index contributed by atoms with van der Waals surface area (Å²) in [7, 11) is 0. The number of allylic oxidation sites excluding steroid dienone is 8. The number of unbranched alkanes of at least 4 members (excludes halogenated alkanes) is 23. The number of rotatable bonds is 42. The predicted molar refractivity (Wildman–Crippen MR) is 238 cm³/mol. The van der Waals surface area contributed by atoms with Gasteiger partial charge in [-0.25, -0.2) is 0 Å².